The number of hydrogen-bond donors (Lipinski definition) is 1. The largest absolute Gasteiger partial charge is 0.378 e. The van der Waals surface area contributed by atoms with Crippen LogP contribution in [0.1, 0.15) is 57.9 Å². The smallest absolute Gasteiger partial charge is 0.225 e. The lowest BCUT2D eigenvalue weighted by molar-refractivity contribution is -0.139. The monoisotopic (exact) mass is 362 g/mol. The van der Waals surface area contributed by atoms with Crippen molar-refractivity contribution in [3.05, 3.63) is 11.5 Å². The zero-order chi connectivity index (χ0) is 18.8. The van der Waals surface area contributed by atoms with Crippen molar-refractivity contribution in [3.63, 3.8) is 0 Å². The second-order valence-electron chi connectivity index (χ2n) is 8.36. The van der Waals surface area contributed by atoms with E-state index in [0.717, 1.165) is 62.5 Å². The Morgan fingerprint density at radius 1 is 1.19 bits per heavy atom. The molecule has 0 aromatic carbocycles. The maximum atomic E-state index is 13.0. The number of nitrogens with one attached hydrogen (secondary N) is 1. The number of carbonyl (C=O) groups excluding carboxylic acids is 1. The van der Waals surface area contributed by atoms with Crippen LogP contribution in [0.3, 0.4) is 0 Å². The Bertz CT molecular complexity index is 600. The minimum absolute atomic E-state index is 0.190. The Balaban J connectivity index is 1.50. The number of aryl methyl sites for hydroxylation is 2. The van der Waals surface area contributed by atoms with Crippen molar-refractivity contribution in [1.29, 1.82) is 0 Å². The summed E-state index contributed by atoms with van der Waals surface area (Å²) >= 11 is 0. The Hall–Kier alpha value is -1.56. The highest BCUT2D eigenvalue weighted by Crippen LogP contribution is 2.30. The summed E-state index contributed by atoms with van der Waals surface area (Å²) in [6, 6.07) is 1.41. The summed E-state index contributed by atoms with van der Waals surface area (Å²) in [5.41, 5.74) is 1.94. The summed E-state index contributed by atoms with van der Waals surface area (Å²) < 4.78 is 5.23. The fourth-order valence-corrected chi connectivity index (χ4v) is 4.58. The standard InChI is InChI=1S/C20H34N4O2/c1-13(2)24-11-10-23(12-14(24)3)20(25)17-6-8-18(9-7-17)21-19-15(4)22-26-16(19)5/h13-14,17-18,21H,6-12H2,1-5H3. The Morgan fingerprint density at radius 3 is 2.42 bits per heavy atom. The van der Waals surface area contributed by atoms with Gasteiger partial charge in [0.15, 0.2) is 5.76 Å². The first kappa shape index (κ1) is 19.2. The molecule has 1 saturated heterocycles. The lowest BCUT2D eigenvalue weighted by Gasteiger charge is -2.43. The van der Waals surface area contributed by atoms with E-state index in [4.69, 9.17) is 4.52 Å². The fourth-order valence-electron chi connectivity index (χ4n) is 4.58. The van der Waals surface area contributed by atoms with Crippen LogP contribution in [0.4, 0.5) is 5.69 Å². The van der Waals surface area contributed by atoms with Crippen molar-refractivity contribution >= 4 is 11.6 Å². The van der Waals surface area contributed by atoms with Crippen LogP contribution in [-0.2, 0) is 4.79 Å². The third kappa shape index (κ3) is 4.05. The fraction of sp³-hybridized carbons (Fsp3) is 0.800. The van der Waals surface area contributed by atoms with E-state index in [2.05, 4.69) is 41.0 Å². The molecule has 6 nitrogen and oxygen atoms in total. The van der Waals surface area contributed by atoms with Crippen LogP contribution in [0.2, 0.25) is 0 Å². The highest BCUT2D eigenvalue weighted by Gasteiger charge is 2.34. The molecule has 6 heteroatoms. The van der Waals surface area contributed by atoms with Gasteiger partial charge < -0.3 is 14.7 Å². The first-order valence-electron chi connectivity index (χ1n) is 10.1. The maximum Gasteiger partial charge on any atom is 0.225 e. The van der Waals surface area contributed by atoms with Crippen molar-refractivity contribution in [1.82, 2.24) is 15.0 Å². The van der Waals surface area contributed by atoms with E-state index >= 15 is 0 Å². The summed E-state index contributed by atoms with van der Waals surface area (Å²) in [7, 11) is 0. The molecule has 3 rings (SSSR count). The molecule has 1 aliphatic heterocycles. The Labute approximate surface area is 157 Å². The topological polar surface area (TPSA) is 61.6 Å². The van der Waals surface area contributed by atoms with E-state index in [1.54, 1.807) is 0 Å². The minimum Gasteiger partial charge on any atom is -0.378 e. The average molecular weight is 363 g/mol. The number of nitrogens with zero attached hydrogens (tertiary/aromatic N) is 3. The van der Waals surface area contributed by atoms with E-state index < -0.39 is 0 Å². The van der Waals surface area contributed by atoms with Crippen molar-refractivity contribution < 1.29 is 9.32 Å². The number of rotatable bonds is 4. The second kappa shape index (κ2) is 7.99. The van der Waals surface area contributed by atoms with Crippen molar-refractivity contribution in [3.8, 4) is 0 Å². The van der Waals surface area contributed by atoms with Gasteiger partial charge in [0, 0.05) is 43.7 Å². The van der Waals surface area contributed by atoms with Gasteiger partial charge >= 0.3 is 0 Å². The molecule has 0 radical (unpaired) electrons. The highest BCUT2D eigenvalue weighted by atomic mass is 16.5. The minimum atomic E-state index is 0.190. The summed E-state index contributed by atoms with van der Waals surface area (Å²) in [6.07, 6.45) is 4.00. The molecule has 0 spiro atoms. The van der Waals surface area contributed by atoms with E-state index in [9.17, 15) is 4.79 Å². The molecule has 1 N–H and O–H groups in total. The van der Waals surface area contributed by atoms with Gasteiger partial charge in [0.05, 0.1) is 0 Å². The molecule has 1 unspecified atom stereocenters. The molecular formula is C20H34N4O2. The van der Waals surface area contributed by atoms with E-state index in [1.807, 2.05) is 13.8 Å². The van der Waals surface area contributed by atoms with Gasteiger partial charge in [0.2, 0.25) is 5.91 Å². The molecule has 1 aliphatic carbocycles. The zero-order valence-corrected chi connectivity index (χ0v) is 16.9. The SMILES string of the molecule is Cc1noc(C)c1NC1CCC(C(=O)N2CCN(C(C)C)C(C)C2)CC1. The molecule has 26 heavy (non-hydrogen) atoms. The summed E-state index contributed by atoms with van der Waals surface area (Å²) in [5.74, 6) is 1.41. The molecule has 1 aromatic heterocycles. The molecule has 2 fully saturated rings. The molecule has 1 atom stereocenters. The van der Waals surface area contributed by atoms with E-state index in [1.165, 1.54) is 0 Å². The van der Waals surface area contributed by atoms with Crippen molar-refractivity contribution in [2.45, 2.75) is 78.4 Å². The van der Waals surface area contributed by atoms with Gasteiger partial charge in [0.25, 0.3) is 0 Å². The number of aromatic nitrogens is 1. The van der Waals surface area contributed by atoms with Crippen LogP contribution < -0.4 is 5.32 Å². The van der Waals surface area contributed by atoms with Crippen molar-refractivity contribution in [2.24, 2.45) is 5.92 Å². The Morgan fingerprint density at radius 2 is 1.88 bits per heavy atom. The predicted octanol–water partition coefficient (Wildman–Crippen LogP) is 3.20. The molecule has 2 heterocycles. The first-order valence-corrected chi connectivity index (χ1v) is 10.1. The lowest BCUT2D eigenvalue weighted by atomic mass is 9.84. The maximum absolute atomic E-state index is 13.0. The van der Waals surface area contributed by atoms with E-state index in [-0.39, 0.29) is 5.92 Å². The summed E-state index contributed by atoms with van der Waals surface area (Å²) in [4.78, 5) is 17.6. The Kier molecular flexibility index (Phi) is 5.90. The average Bonchev–Trinajstić information content (AvgIpc) is 2.93. The van der Waals surface area contributed by atoms with Gasteiger partial charge in [-0.2, -0.15) is 0 Å². The number of hydrogen-bond acceptors (Lipinski definition) is 5. The van der Waals surface area contributed by atoms with Gasteiger partial charge in [-0.1, -0.05) is 5.16 Å². The van der Waals surface area contributed by atoms with Crippen LogP contribution in [-0.4, -0.2) is 58.6 Å². The first-order chi connectivity index (χ1) is 12.4. The lowest BCUT2D eigenvalue weighted by Crippen LogP contribution is -2.56. The van der Waals surface area contributed by atoms with Gasteiger partial charge in [-0.3, -0.25) is 9.69 Å². The van der Waals surface area contributed by atoms with Crippen LogP contribution in [0, 0.1) is 19.8 Å². The van der Waals surface area contributed by atoms with Gasteiger partial charge in [-0.15, -0.1) is 0 Å². The highest BCUT2D eigenvalue weighted by molar-refractivity contribution is 5.79. The molecular weight excluding hydrogens is 328 g/mol. The van der Waals surface area contributed by atoms with Crippen LogP contribution in [0.25, 0.3) is 0 Å². The molecule has 2 aliphatic rings. The predicted molar refractivity (Wildman–Crippen MR) is 103 cm³/mol. The number of carbonyl (C=O) groups is 1. The number of anilines is 1. The summed E-state index contributed by atoms with van der Waals surface area (Å²) in [6.45, 7) is 13.4. The van der Waals surface area contributed by atoms with Crippen LogP contribution in [0.5, 0.6) is 0 Å². The molecule has 1 saturated carbocycles. The van der Waals surface area contributed by atoms with Crippen LogP contribution >= 0.6 is 0 Å². The van der Waals surface area contributed by atoms with Crippen molar-refractivity contribution in [2.75, 3.05) is 25.0 Å². The molecule has 0 bridgehead atoms. The molecule has 146 valence electrons. The van der Waals surface area contributed by atoms with Gasteiger partial charge in [-0.25, -0.2) is 0 Å². The van der Waals surface area contributed by atoms with E-state index in [0.29, 0.717) is 24.0 Å². The normalized spacial score (nSPS) is 27.8. The van der Waals surface area contributed by atoms with Gasteiger partial charge in [-0.05, 0) is 60.3 Å². The van der Waals surface area contributed by atoms with Crippen LogP contribution in [0.15, 0.2) is 4.52 Å². The van der Waals surface area contributed by atoms with Gasteiger partial charge in [0.1, 0.15) is 11.4 Å². The number of piperazine rings is 1. The third-order valence-electron chi connectivity index (χ3n) is 6.11. The molecule has 1 amide bonds. The quantitative estimate of drug-likeness (QED) is 0.891. The third-order valence-corrected chi connectivity index (χ3v) is 6.11. The zero-order valence-electron chi connectivity index (χ0n) is 16.9. The summed E-state index contributed by atoms with van der Waals surface area (Å²) in [5, 5.41) is 7.58. The molecule has 1 aromatic rings. The second-order valence-corrected chi connectivity index (χ2v) is 8.36. The number of amides is 1.